The van der Waals surface area contributed by atoms with Crippen LogP contribution in [0.25, 0.3) is 0 Å². The summed E-state index contributed by atoms with van der Waals surface area (Å²) in [6.07, 6.45) is 4.12. The smallest absolute Gasteiger partial charge is 0.303 e. The molecule has 4 aliphatic rings. The largest absolute Gasteiger partial charge is 0.458 e. The lowest BCUT2D eigenvalue weighted by Crippen LogP contribution is -2.62. The fraction of sp³-hybridized carbons (Fsp3) is 0.708. The van der Waals surface area contributed by atoms with Gasteiger partial charge in [0.05, 0.1) is 6.10 Å². The van der Waals surface area contributed by atoms with Crippen LogP contribution in [-0.4, -0.2) is 46.1 Å². The molecular weight excluding hydrogens is 384 g/mol. The van der Waals surface area contributed by atoms with Crippen molar-refractivity contribution in [2.24, 2.45) is 28.6 Å². The minimum absolute atomic E-state index is 0.0358. The maximum Gasteiger partial charge on any atom is 0.303 e. The average Bonchev–Trinajstić information content (AvgIpc) is 2.93. The number of carbonyl (C=O) groups excluding carboxylic acids is 3. The summed E-state index contributed by atoms with van der Waals surface area (Å²) in [6.45, 7) is 9.08. The Morgan fingerprint density at radius 1 is 1.30 bits per heavy atom. The molecular formula is C24H32O6. The van der Waals surface area contributed by atoms with Gasteiger partial charge in [-0.2, -0.15) is 0 Å². The molecule has 0 bridgehead atoms. The van der Waals surface area contributed by atoms with E-state index in [0.29, 0.717) is 38.5 Å². The van der Waals surface area contributed by atoms with E-state index in [9.17, 15) is 24.6 Å². The second kappa shape index (κ2) is 6.86. The van der Waals surface area contributed by atoms with Crippen LogP contribution in [0.15, 0.2) is 23.8 Å². The molecule has 164 valence electrons. The number of rotatable bonds is 3. The number of allylic oxidation sites excluding steroid dienone is 2. The Morgan fingerprint density at radius 2 is 2.00 bits per heavy atom. The van der Waals surface area contributed by atoms with Crippen molar-refractivity contribution in [2.75, 3.05) is 6.61 Å². The monoisotopic (exact) mass is 416 g/mol. The van der Waals surface area contributed by atoms with E-state index in [1.54, 1.807) is 6.08 Å². The molecule has 4 rings (SSSR count). The molecule has 0 aromatic heterocycles. The van der Waals surface area contributed by atoms with Gasteiger partial charge in [0.25, 0.3) is 0 Å². The number of carbonyl (C=O) groups is 3. The fourth-order valence-electron chi connectivity index (χ4n) is 7.45. The number of aliphatic hydroxyl groups is 2. The van der Waals surface area contributed by atoms with Gasteiger partial charge in [-0.05, 0) is 66.9 Å². The second-order valence-electron chi connectivity index (χ2n) is 10.3. The van der Waals surface area contributed by atoms with Crippen LogP contribution in [0.4, 0.5) is 0 Å². The van der Waals surface area contributed by atoms with Crippen LogP contribution in [0.1, 0.15) is 59.3 Å². The molecule has 0 heterocycles. The van der Waals surface area contributed by atoms with Crippen LogP contribution < -0.4 is 0 Å². The number of fused-ring (bicyclic) bond motifs is 5. The first kappa shape index (κ1) is 21.4. The summed E-state index contributed by atoms with van der Waals surface area (Å²) in [5, 5.41) is 22.9. The third-order valence-electron chi connectivity index (χ3n) is 8.88. The number of aliphatic hydroxyl groups excluding tert-OH is 1. The molecule has 0 radical (unpaired) electrons. The van der Waals surface area contributed by atoms with Crippen molar-refractivity contribution in [1.29, 1.82) is 0 Å². The lowest BCUT2D eigenvalue weighted by Gasteiger charge is -2.60. The predicted octanol–water partition coefficient (Wildman–Crippen LogP) is 2.52. The summed E-state index contributed by atoms with van der Waals surface area (Å²) < 4.78 is 4.89. The van der Waals surface area contributed by atoms with Gasteiger partial charge in [-0.15, -0.1) is 0 Å². The Kier molecular flexibility index (Phi) is 4.90. The highest BCUT2D eigenvalue weighted by Gasteiger charge is 2.68. The fourth-order valence-corrected chi connectivity index (χ4v) is 7.45. The molecule has 3 saturated carbocycles. The third kappa shape index (κ3) is 2.79. The Balaban J connectivity index is 1.70. The van der Waals surface area contributed by atoms with Gasteiger partial charge in [-0.3, -0.25) is 14.4 Å². The Bertz CT molecular complexity index is 858. The number of hydrogen-bond acceptors (Lipinski definition) is 6. The molecule has 0 saturated heterocycles. The highest BCUT2D eigenvalue weighted by Crippen LogP contribution is 2.68. The molecule has 0 aliphatic heterocycles. The zero-order valence-electron chi connectivity index (χ0n) is 18.1. The predicted molar refractivity (Wildman–Crippen MR) is 109 cm³/mol. The summed E-state index contributed by atoms with van der Waals surface area (Å²) in [6, 6.07) is 0. The molecule has 1 unspecified atom stereocenters. The van der Waals surface area contributed by atoms with Crippen LogP contribution in [0, 0.1) is 28.6 Å². The molecule has 0 aromatic rings. The molecule has 6 heteroatoms. The lowest BCUT2D eigenvalue weighted by atomic mass is 9.44. The normalized spacial score (nSPS) is 45.2. The maximum absolute atomic E-state index is 12.9. The zero-order chi connectivity index (χ0) is 22.1. The first-order chi connectivity index (χ1) is 13.9. The van der Waals surface area contributed by atoms with Gasteiger partial charge in [-0.25, -0.2) is 0 Å². The van der Waals surface area contributed by atoms with E-state index in [1.165, 1.54) is 6.92 Å². The number of ether oxygens (including phenoxy) is 1. The minimum Gasteiger partial charge on any atom is -0.458 e. The van der Waals surface area contributed by atoms with Crippen LogP contribution in [0.5, 0.6) is 0 Å². The van der Waals surface area contributed by atoms with Gasteiger partial charge in [0.1, 0.15) is 5.60 Å². The first-order valence-electron chi connectivity index (χ1n) is 10.9. The van der Waals surface area contributed by atoms with E-state index in [2.05, 4.69) is 13.5 Å². The van der Waals surface area contributed by atoms with Crippen LogP contribution in [-0.2, 0) is 19.1 Å². The van der Waals surface area contributed by atoms with Gasteiger partial charge < -0.3 is 14.9 Å². The van der Waals surface area contributed by atoms with Crippen molar-refractivity contribution in [2.45, 2.75) is 71.0 Å². The number of ketones is 2. The quantitative estimate of drug-likeness (QED) is 0.686. The average molecular weight is 417 g/mol. The van der Waals surface area contributed by atoms with Crippen molar-refractivity contribution in [3.8, 4) is 0 Å². The molecule has 3 fully saturated rings. The highest BCUT2D eigenvalue weighted by molar-refractivity contribution is 5.93. The summed E-state index contributed by atoms with van der Waals surface area (Å²) in [5.41, 5.74) is -0.837. The number of hydrogen-bond donors (Lipinski definition) is 2. The highest BCUT2D eigenvalue weighted by atomic mass is 16.5. The summed E-state index contributed by atoms with van der Waals surface area (Å²) in [5.74, 6) is -0.840. The molecule has 4 aliphatic carbocycles. The summed E-state index contributed by atoms with van der Waals surface area (Å²) >= 11 is 0. The van der Waals surface area contributed by atoms with E-state index in [0.717, 1.165) is 11.1 Å². The van der Waals surface area contributed by atoms with E-state index >= 15 is 0 Å². The Morgan fingerprint density at radius 3 is 2.67 bits per heavy atom. The van der Waals surface area contributed by atoms with Crippen molar-refractivity contribution in [1.82, 2.24) is 0 Å². The summed E-state index contributed by atoms with van der Waals surface area (Å²) in [7, 11) is 0. The van der Waals surface area contributed by atoms with Crippen molar-refractivity contribution >= 4 is 17.5 Å². The van der Waals surface area contributed by atoms with Crippen molar-refractivity contribution < 1.29 is 29.3 Å². The zero-order valence-corrected chi connectivity index (χ0v) is 18.1. The maximum atomic E-state index is 12.9. The van der Waals surface area contributed by atoms with E-state index in [1.807, 2.05) is 6.92 Å². The Hall–Kier alpha value is -1.79. The van der Waals surface area contributed by atoms with Crippen molar-refractivity contribution in [3.63, 3.8) is 0 Å². The molecule has 2 N–H and O–H groups in total. The molecule has 0 amide bonds. The van der Waals surface area contributed by atoms with Crippen LogP contribution in [0.3, 0.4) is 0 Å². The van der Waals surface area contributed by atoms with Crippen LogP contribution >= 0.6 is 0 Å². The standard InChI is InChI=1S/C24H32O6/c1-13-9-16-17-6-8-24(29,20(28)12-30-14(2)25)23(17,4)11-19(27)21(16)22(3)7-5-15(26)10-18(13)22/h10,16-17,19,21,27,29H,1,5-9,11-12H2,2-4H3/t16-,17-,19?,21+,22-,23-,24-/m0/s1. The molecule has 7 atom stereocenters. The molecule has 30 heavy (non-hydrogen) atoms. The van der Waals surface area contributed by atoms with E-state index in [4.69, 9.17) is 4.74 Å². The van der Waals surface area contributed by atoms with Crippen molar-refractivity contribution in [3.05, 3.63) is 23.8 Å². The van der Waals surface area contributed by atoms with Gasteiger partial charge in [0.2, 0.25) is 5.78 Å². The van der Waals surface area contributed by atoms with E-state index < -0.39 is 35.5 Å². The van der Waals surface area contributed by atoms with Gasteiger partial charge >= 0.3 is 5.97 Å². The molecule has 0 spiro atoms. The lowest BCUT2D eigenvalue weighted by molar-refractivity contribution is -0.182. The van der Waals surface area contributed by atoms with Gasteiger partial charge in [0.15, 0.2) is 12.4 Å². The summed E-state index contributed by atoms with van der Waals surface area (Å²) in [4.78, 5) is 36.1. The third-order valence-corrected chi connectivity index (χ3v) is 8.88. The topological polar surface area (TPSA) is 101 Å². The Labute approximate surface area is 177 Å². The number of Topliss-reactive ketones (excluding diaryl/α,β-unsaturated/α-hetero) is 1. The van der Waals surface area contributed by atoms with E-state index in [-0.39, 0.29) is 29.0 Å². The number of esters is 1. The van der Waals surface area contributed by atoms with Gasteiger partial charge in [0, 0.05) is 18.8 Å². The molecule has 6 nitrogen and oxygen atoms in total. The SMILES string of the molecule is C=C1C[C@@H]2[C@H](C(O)C[C@@]3(C)[C@H]2CC[C@]3(O)C(=O)COC(C)=O)[C@@]2(C)CCC(=O)C=C12. The van der Waals surface area contributed by atoms with Gasteiger partial charge in [-0.1, -0.05) is 26.0 Å². The minimum atomic E-state index is -1.63. The molecule has 0 aromatic carbocycles. The first-order valence-corrected chi connectivity index (χ1v) is 10.9. The van der Waals surface area contributed by atoms with Crippen LogP contribution in [0.2, 0.25) is 0 Å². The second-order valence-corrected chi connectivity index (χ2v) is 10.3.